The van der Waals surface area contributed by atoms with Crippen LogP contribution < -0.4 is 15.0 Å². The summed E-state index contributed by atoms with van der Waals surface area (Å²) in [5, 5.41) is 7.94. The average Bonchev–Trinajstić information content (AvgIpc) is 3.34. The summed E-state index contributed by atoms with van der Waals surface area (Å²) in [6.07, 6.45) is 9.09. The van der Waals surface area contributed by atoms with E-state index in [1.807, 2.05) is 13.0 Å². The Morgan fingerprint density at radius 2 is 1.82 bits per heavy atom. The number of hydrogen-bond donors (Lipinski definition) is 1. The van der Waals surface area contributed by atoms with Crippen molar-refractivity contribution in [2.24, 2.45) is 0 Å². The van der Waals surface area contributed by atoms with E-state index in [4.69, 9.17) is 9.47 Å². The molecular formula is C24H28N8O2. The van der Waals surface area contributed by atoms with Crippen molar-refractivity contribution in [1.29, 1.82) is 0 Å². The van der Waals surface area contributed by atoms with Gasteiger partial charge in [-0.15, -0.1) is 0 Å². The van der Waals surface area contributed by atoms with Crippen molar-refractivity contribution in [2.75, 3.05) is 36.5 Å². The first-order valence-corrected chi connectivity index (χ1v) is 11.9. The monoisotopic (exact) mass is 460 g/mol. The summed E-state index contributed by atoms with van der Waals surface area (Å²) in [6.45, 7) is 5.20. The molecule has 0 unspecified atom stereocenters. The minimum atomic E-state index is 0.147. The van der Waals surface area contributed by atoms with Crippen LogP contribution in [0.1, 0.15) is 31.4 Å². The van der Waals surface area contributed by atoms with Gasteiger partial charge in [0, 0.05) is 55.0 Å². The van der Waals surface area contributed by atoms with Crippen LogP contribution in [0.25, 0.3) is 16.8 Å². The average molecular weight is 461 g/mol. The lowest BCUT2D eigenvalue weighted by atomic mass is 9.93. The van der Waals surface area contributed by atoms with Gasteiger partial charge in [-0.05, 0) is 38.7 Å². The fourth-order valence-corrected chi connectivity index (χ4v) is 4.87. The Morgan fingerprint density at radius 3 is 2.68 bits per heavy atom. The summed E-state index contributed by atoms with van der Waals surface area (Å²) in [4.78, 5) is 20.1. The number of nitrogens with one attached hydrogen (secondary N) is 1. The van der Waals surface area contributed by atoms with E-state index in [9.17, 15) is 0 Å². The number of aryl methyl sites for hydroxylation is 1. The largest absolute Gasteiger partial charge is 0.488 e. The molecular weight excluding hydrogens is 432 g/mol. The van der Waals surface area contributed by atoms with E-state index in [0.717, 1.165) is 86.0 Å². The van der Waals surface area contributed by atoms with E-state index < -0.39 is 0 Å². The lowest BCUT2D eigenvalue weighted by Gasteiger charge is -2.31. The first-order chi connectivity index (χ1) is 16.7. The van der Waals surface area contributed by atoms with Crippen molar-refractivity contribution < 1.29 is 9.47 Å². The van der Waals surface area contributed by atoms with Crippen molar-refractivity contribution in [2.45, 2.75) is 44.8 Å². The second-order valence-corrected chi connectivity index (χ2v) is 8.96. The number of hydrogen-bond acceptors (Lipinski definition) is 9. The van der Waals surface area contributed by atoms with Gasteiger partial charge in [-0.2, -0.15) is 14.6 Å². The second kappa shape index (κ2) is 9.02. The zero-order valence-corrected chi connectivity index (χ0v) is 19.2. The van der Waals surface area contributed by atoms with Gasteiger partial charge in [-0.1, -0.05) is 0 Å². The molecule has 0 amide bonds. The normalized spacial score (nSPS) is 21.1. The molecule has 2 fully saturated rings. The Balaban J connectivity index is 1.16. The third-order valence-electron chi connectivity index (χ3n) is 6.60. The first kappa shape index (κ1) is 21.0. The standard InChI is InChI=1S/C24H28N8O2/c1-16-12-22(32-24(29-16)27-15-28-32)30-17-2-4-19(5-3-17)34-21-14-18(31-8-10-33-11-9-31)13-20-23(21)26-7-6-25-20/h6-7,12-15,17,19,30H,2-5,8-11H2,1H3/t17-,19+. The Bertz CT molecular complexity index is 1290. The van der Waals surface area contributed by atoms with Gasteiger partial charge in [-0.3, -0.25) is 4.98 Å². The molecule has 0 bridgehead atoms. The highest BCUT2D eigenvalue weighted by molar-refractivity contribution is 5.85. The van der Waals surface area contributed by atoms with E-state index in [2.05, 4.69) is 47.4 Å². The topological polar surface area (TPSA) is 103 Å². The molecule has 1 aliphatic heterocycles. The predicted octanol–water partition coefficient (Wildman–Crippen LogP) is 3.01. The van der Waals surface area contributed by atoms with Gasteiger partial charge < -0.3 is 19.7 Å². The van der Waals surface area contributed by atoms with Crippen molar-refractivity contribution in [1.82, 2.24) is 29.5 Å². The summed E-state index contributed by atoms with van der Waals surface area (Å²) in [5.74, 6) is 2.37. The van der Waals surface area contributed by atoms with E-state index in [1.165, 1.54) is 6.33 Å². The highest BCUT2D eigenvalue weighted by atomic mass is 16.5. The summed E-state index contributed by atoms with van der Waals surface area (Å²) < 4.78 is 13.8. The SMILES string of the molecule is Cc1cc(N[C@H]2CC[C@@H](Oc3cc(N4CCOCC4)cc4nccnc34)CC2)n2ncnc2n1. The molecule has 0 atom stereocenters. The molecule has 34 heavy (non-hydrogen) atoms. The third kappa shape index (κ3) is 4.21. The van der Waals surface area contributed by atoms with Crippen molar-refractivity contribution in [3.05, 3.63) is 42.6 Å². The maximum Gasteiger partial charge on any atom is 0.254 e. The summed E-state index contributed by atoms with van der Waals surface area (Å²) in [7, 11) is 0. The van der Waals surface area contributed by atoms with Crippen molar-refractivity contribution >= 4 is 28.3 Å². The molecule has 1 saturated heterocycles. The zero-order chi connectivity index (χ0) is 22.9. The quantitative estimate of drug-likeness (QED) is 0.481. The fourth-order valence-electron chi connectivity index (χ4n) is 4.87. The first-order valence-electron chi connectivity index (χ1n) is 11.9. The Kier molecular flexibility index (Phi) is 5.58. The number of fused-ring (bicyclic) bond motifs is 2. The summed E-state index contributed by atoms with van der Waals surface area (Å²) in [5.41, 5.74) is 3.72. The number of morpholine rings is 1. The van der Waals surface area contributed by atoms with Gasteiger partial charge >= 0.3 is 0 Å². The van der Waals surface area contributed by atoms with Crippen LogP contribution in [-0.2, 0) is 4.74 Å². The number of benzene rings is 1. The Hall–Kier alpha value is -3.53. The van der Waals surface area contributed by atoms with Gasteiger partial charge in [0.25, 0.3) is 5.78 Å². The molecule has 1 aliphatic carbocycles. The Labute approximate surface area is 197 Å². The molecule has 1 N–H and O–H groups in total. The van der Waals surface area contributed by atoms with E-state index >= 15 is 0 Å². The molecule has 10 nitrogen and oxygen atoms in total. The molecule has 176 valence electrons. The van der Waals surface area contributed by atoms with Crippen LogP contribution in [0.15, 0.2) is 36.9 Å². The molecule has 2 aliphatic rings. The zero-order valence-electron chi connectivity index (χ0n) is 19.2. The van der Waals surface area contributed by atoms with Crippen LogP contribution in [0, 0.1) is 6.92 Å². The number of rotatable bonds is 5. The van der Waals surface area contributed by atoms with Crippen LogP contribution >= 0.6 is 0 Å². The lowest BCUT2D eigenvalue weighted by molar-refractivity contribution is 0.122. The lowest BCUT2D eigenvalue weighted by Crippen LogP contribution is -2.36. The van der Waals surface area contributed by atoms with Crippen LogP contribution in [-0.4, -0.2) is 68.0 Å². The highest BCUT2D eigenvalue weighted by Gasteiger charge is 2.25. The minimum absolute atomic E-state index is 0.147. The molecule has 4 heterocycles. The van der Waals surface area contributed by atoms with Gasteiger partial charge in [0.15, 0.2) is 0 Å². The molecule has 1 aromatic carbocycles. The van der Waals surface area contributed by atoms with Crippen LogP contribution in [0.5, 0.6) is 5.75 Å². The van der Waals surface area contributed by atoms with E-state index in [0.29, 0.717) is 11.8 Å². The number of ether oxygens (including phenoxy) is 2. The maximum absolute atomic E-state index is 6.55. The molecule has 4 aromatic rings. The van der Waals surface area contributed by atoms with Crippen molar-refractivity contribution in [3.8, 4) is 5.75 Å². The minimum Gasteiger partial charge on any atom is -0.488 e. The van der Waals surface area contributed by atoms with Crippen molar-refractivity contribution in [3.63, 3.8) is 0 Å². The van der Waals surface area contributed by atoms with Crippen LogP contribution in [0.3, 0.4) is 0 Å². The van der Waals surface area contributed by atoms with E-state index in [1.54, 1.807) is 16.9 Å². The highest BCUT2D eigenvalue weighted by Crippen LogP contribution is 2.33. The molecule has 0 spiro atoms. The molecule has 1 saturated carbocycles. The molecule has 3 aromatic heterocycles. The smallest absolute Gasteiger partial charge is 0.254 e. The van der Waals surface area contributed by atoms with Gasteiger partial charge in [0.1, 0.15) is 23.4 Å². The predicted molar refractivity (Wildman–Crippen MR) is 128 cm³/mol. The Morgan fingerprint density at radius 1 is 1.00 bits per heavy atom. The van der Waals surface area contributed by atoms with Crippen LogP contribution in [0.2, 0.25) is 0 Å². The maximum atomic E-state index is 6.55. The number of aromatic nitrogens is 6. The van der Waals surface area contributed by atoms with Crippen LogP contribution in [0.4, 0.5) is 11.5 Å². The summed E-state index contributed by atoms with van der Waals surface area (Å²) >= 11 is 0. The third-order valence-corrected chi connectivity index (χ3v) is 6.60. The number of nitrogens with zero attached hydrogens (tertiary/aromatic N) is 7. The fraction of sp³-hybridized carbons (Fsp3) is 0.458. The molecule has 0 radical (unpaired) electrons. The molecule has 10 heteroatoms. The number of anilines is 2. The summed E-state index contributed by atoms with van der Waals surface area (Å²) in [6, 6.07) is 6.59. The van der Waals surface area contributed by atoms with Gasteiger partial charge in [0.2, 0.25) is 0 Å². The van der Waals surface area contributed by atoms with Gasteiger partial charge in [-0.25, -0.2) is 9.97 Å². The van der Waals surface area contributed by atoms with E-state index in [-0.39, 0.29) is 6.10 Å². The second-order valence-electron chi connectivity index (χ2n) is 8.96. The van der Waals surface area contributed by atoms with Gasteiger partial charge in [0.05, 0.1) is 24.8 Å². The molecule has 6 rings (SSSR count).